The summed E-state index contributed by atoms with van der Waals surface area (Å²) in [6.07, 6.45) is 0.229. The van der Waals surface area contributed by atoms with Gasteiger partial charge in [-0.3, -0.25) is 9.59 Å². The van der Waals surface area contributed by atoms with E-state index in [1.807, 2.05) is 0 Å². The topological polar surface area (TPSA) is 72.9 Å². The van der Waals surface area contributed by atoms with Gasteiger partial charge in [0.15, 0.2) is 5.60 Å². The lowest BCUT2D eigenvalue weighted by atomic mass is 10.1. The fraction of sp³-hybridized carbons (Fsp3) is 0.750. The van der Waals surface area contributed by atoms with Crippen LogP contribution >= 0.6 is 0 Å². The van der Waals surface area contributed by atoms with Gasteiger partial charge in [-0.2, -0.15) is 5.06 Å². The molecule has 6 heteroatoms. The molecule has 0 aromatic carbocycles. The van der Waals surface area contributed by atoms with Crippen molar-refractivity contribution in [2.24, 2.45) is 0 Å². The molecule has 0 atom stereocenters. The number of hydrogen-bond donors (Lipinski definition) is 0. The predicted molar refractivity (Wildman–Crippen MR) is 62.1 cm³/mol. The molecule has 0 aromatic heterocycles. The molecule has 0 aromatic rings. The fourth-order valence-corrected chi connectivity index (χ4v) is 1.32. The summed E-state index contributed by atoms with van der Waals surface area (Å²) in [7, 11) is 0. The van der Waals surface area contributed by atoms with Gasteiger partial charge in [0.1, 0.15) is 5.60 Å². The lowest BCUT2D eigenvalue weighted by Crippen LogP contribution is -2.47. The summed E-state index contributed by atoms with van der Waals surface area (Å²) in [4.78, 5) is 39.9. The first-order valence-electron chi connectivity index (χ1n) is 5.81. The van der Waals surface area contributed by atoms with Crippen LogP contribution in [0.2, 0.25) is 0 Å². The second-order valence-electron chi connectivity index (χ2n) is 5.69. The minimum Gasteiger partial charge on any atom is -0.458 e. The molecule has 102 valence electrons. The van der Waals surface area contributed by atoms with Crippen LogP contribution in [-0.2, 0) is 24.0 Å². The molecule has 0 unspecified atom stereocenters. The highest BCUT2D eigenvalue weighted by molar-refractivity contribution is 6.00. The molecule has 1 aliphatic rings. The van der Waals surface area contributed by atoms with Crippen molar-refractivity contribution in [2.75, 3.05) is 0 Å². The number of hydrogen-bond acceptors (Lipinski definition) is 5. The van der Waals surface area contributed by atoms with Crippen molar-refractivity contribution >= 4 is 17.8 Å². The number of ether oxygens (including phenoxy) is 1. The van der Waals surface area contributed by atoms with Crippen molar-refractivity contribution in [2.45, 2.75) is 58.7 Å². The standard InChI is InChI=1S/C12H19NO5/c1-11(2,3)17-10(16)12(4,5)18-13-8(14)6-7-9(13)15/h6-7H2,1-5H3. The van der Waals surface area contributed by atoms with Crippen LogP contribution in [0.4, 0.5) is 0 Å². The zero-order chi connectivity index (χ0) is 14.1. The van der Waals surface area contributed by atoms with E-state index in [0.29, 0.717) is 5.06 Å². The van der Waals surface area contributed by atoms with E-state index in [1.165, 1.54) is 13.8 Å². The van der Waals surface area contributed by atoms with Gasteiger partial charge in [-0.15, -0.1) is 0 Å². The highest BCUT2D eigenvalue weighted by atomic mass is 16.7. The molecule has 18 heavy (non-hydrogen) atoms. The van der Waals surface area contributed by atoms with Crippen LogP contribution in [0.15, 0.2) is 0 Å². The molecule has 0 N–H and O–H groups in total. The van der Waals surface area contributed by atoms with Crippen molar-refractivity contribution in [3.8, 4) is 0 Å². The zero-order valence-corrected chi connectivity index (χ0v) is 11.4. The van der Waals surface area contributed by atoms with Crippen LogP contribution in [0.3, 0.4) is 0 Å². The average molecular weight is 257 g/mol. The lowest BCUT2D eigenvalue weighted by Gasteiger charge is -2.30. The fourth-order valence-electron chi connectivity index (χ4n) is 1.32. The number of esters is 1. The van der Waals surface area contributed by atoms with Gasteiger partial charge in [-0.05, 0) is 34.6 Å². The SMILES string of the molecule is CC(C)(C)OC(=O)C(C)(C)ON1C(=O)CCC1=O. The van der Waals surface area contributed by atoms with Crippen LogP contribution in [0, 0.1) is 0 Å². The Balaban J connectivity index is 2.72. The molecule has 0 spiro atoms. The molecule has 1 fully saturated rings. The zero-order valence-electron chi connectivity index (χ0n) is 11.4. The van der Waals surface area contributed by atoms with Gasteiger partial charge >= 0.3 is 5.97 Å². The van der Waals surface area contributed by atoms with Crippen molar-refractivity contribution in [3.05, 3.63) is 0 Å². The molecule has 2 amide bonds. The second-order valence-corrected chi connectivity index (χ2v) is 5.69. The normalized spacial score (nSPS) is 17.3. The van der Waals surface area contributed by atoms with Gasteiger partial charge in [0, 0.05) is 12.8 Å². The predicted octanol–water partition coefficient (Wildman–Crippen LogP) is 1.19. The monoisotopic (exact) mass is 257 g/mol. The van der Waals surface area contributed by atoms with Crippen molar-refractivity contribution in [3.63, 3.8) is 0 Å². The Morgan fingerprint density at radius 3 is 1.89 bits per heavy atom. The van der Waals surface area contributed by atoms with Crippen molar-refractivity contribution in [1.29, 1.82) is 0 Å². The van der Waals surface area contributed by atoms with Gasteiger partial charge < -0.3 is 4.74 Å². The number of hydroxylamine groups is 2. The third kappa shape index (κ3) is 3.53. The Hall–Kier alpha value is -1.43. The number of imide groups is 1. The van der Waals surface area contributed by atoms with E-state index < -0.39 is 29.0 Å². The Kier molecular flexibility index (Phi) is 3.81. The average Bonchev–Trinajstić information content (AvgIpc) is 2.46. The van der Waals surface area contributed by atoms with Crippen LogP contribution in [-0.4, -0.2) is 34.0 Å². The Labute approximate surface area is 106 Å². The third-order valence-electron chi connectivity index (χ3n) is 2.22. The number of nitrogens with zero attached hydrogens (tertiary/aromatic N) is 1. The van der Waals surface area contributed by atoms with E-state index in [2.05, 4.69) is 0 Å². The van der Waals surface area contributed by atoms with E-state index in [0.717, 1.165) is 0 Å². The highest BCUT2D eigenvalue weighted by Gasteiger charge is 2.41. The molecule has 0 saturated carbocycles. The molecular weight excluding hydrogens is 238 g/mol. The molecule has 0 bridgehead atoms. The first-order chi connectivity index (χ1) is 8.03. The maximum absolute atomic E-state index is 11.9. The highest BCUT2D eigenvalue weighted by Crippen LogP contribution is 2.22. The van der Waals surface area contributed by atoms with Crippen molar-refractivity contribution in [1.82, 2.24) is 5.06 Å². The van der Waals surface area contributed by atoms with Gasteiger partial charge in [0.05, 0.1) is 0 Å². The Morgan fingerprint density at radius 2 is 1.50 bits per heavy atom. The first-order valence-corrected chi connectivity index (χ1v) is 5.81. The van der Waals surface area contributed by atoms with Crippen LogP contribution in [0.1, 0.15) is 47.5 Å². The number of rotatable bonds is 3. The number of amides is 2. The summed E-state index contributed by atoms with van der Waals surface area (Å²) in [5.74, 6) is -1.49. The summed E-state index contributed by atoms with van der Waals surface area (Å²) < 4.78 is 5.17. The minimum absolute atomic E-state index is 0.114. The minimum atomic E-state index is -1.39. The van der Waals surface area contributed by atoms with E-state index in [4.69, 9.17) is 9.57 Å². The van der Waals surface area contributed by atoms with Gasteiger partial charge in [0.2, 0.25) is 0 Å². The maximum Gasteiger partial charge on any atom is 0.341 e. The Morgan fingerprint density at radius 1 is 1.06 bits per heavy atom. The smallest absolute Gasteiger partial charge is 0.341 e. The van der Waals surface area contributed by atoms with Gasteiger partial charge in [0.25, 0.3) is 11.8 Å². The number of carbonyl (C=O) groups excluding carboxylic acids is 3. The summed E-state index contributed by atoms with van der Waals surface area (Å²) in [6.45, 7) is 8.10. The maximum atomic E-state index is 11.9. The quantitative estimate of drug-likeness (QED) is 0.561. The second kappa shape index (κ2) is 4.68. The summed E-state index contributed by atoms with van der Waals surface area (Å²) in [5.41, 5.74) is -2.04. The van der Waals surface area contributed by atoms with Crippen LogP contribution < -0.4 is 0 Å². The van der Waals surface area contributed by atoms with E-state index in [-0.39, 0.29) is 12.8 Å². The summed E-state index contributed by atoms with van der Waals surface area (Å²) >= 11 is 0. The van der Waals surface area contributed by atoms with E-state index in [1.54, 1.807) is 20.8 Å². The summed E-state index contributed by atoms with van der Waals surface area (Å²) in [5, 5.41) is 0.657. The first kappa shape index (κ1) is 14.6. The third-order valence-corrected chi connectivity index (χ3v) is 2.22. The van der Waals surface area contributed by atoms with Crippen LogP contribution in [0.5, 0.6) is 0 Å². The number of carbonyl (C=O) groups is 3. The molecule has 1 saturated heterocycles. The molecule has 0 aliphatic carbocycles. The molecular formula is C12H19NO5. The van der Waals surface area contributed by atoms with E-state index >= 15 is 0 Å². The lowest BCUT2D eigenvalue weighted by molar-refractivity contribution is -0.234. The largest absolute Gasteiger partial charge is 0.458 e. The molecule has 0 radical (unpaired) electrons. The Bertz CT molecular complexity index is 364. The van der Waals surface area contributed by atoms with Gasteiger partial charge in [-0.1, -0.05) is 0 Å². The molecule has 6 nitrogen and oxygen atoms in total. The van der Waals surface area contributed by atoms with Gasteiger partial charge in [-0.25, -0.2) is 9.63 Å². The summed E-state index contributed by atoms with van der Waals surface area (Å²) in [6, 6.07) is 0. The van der Waals surface area contributed by atoms with E-state index in [9.17, 15) is 14.4 Å². The molecule has 1 rings (SSSR count). The molecule has 1 aliphatic heterocycles. The molecule has 1 heterocycles. The van der Waals surface area contributed by atoms with Crippen molar-refractivity contribution < 1.29 is 24.0 Å². The van der Waals surface area contributed by atoms with Crippen LogP contribution in [0.25, 0.3) is 0 Å².